The number of carboxylic acids is 2. The van der Waals surface area contributed by atoms with Crippen LogP contribution in [-0.2, 0) is 14.3 Å². The number of nitrogens with one attached hydrogen (secondary N) is 1. The van der Waals surface area contributed by atoms with Crippen molar-refractivity contribution in [2.45, 2.75) is 13.8 Å². The molecule has 0 spiro atoms. The molecule has 0 aliphatic heterocycles. The Balaban J connectivity index is 0.000000582. The van der Waals surface area contributed by atoms with Crippen LogP contribution in [0, 0.1) is 13.8 Å². The maximum atomic E-state index is 13.1. The molecule has 0 aliphatic rings. The standard InChI is InChI=1S/C19H24N2O4.C4H4O4/c1-12-16(17(13(2)20-12)19(23)24-5)18(22)14-8-6-7-9-15(14)25-11-10-21(3)4;5-3(6)1-2-4(7)8/h6-9,20H,10-11H2,1-5H3;1-2H,(H,5,6)(H,7,8)/b;2-1-. The number of para-hydroxylation sites is 1. The van der Waals surface area contributed by atoms with E-state index in [2.05, 4.69) is 4.98 Å². The van der Waals surface area contributed by atoms with E-state index in [9.17, 15) is 19.2 Å². The van der Waals surface area contributed by atoms with Crippen LogP contribution < -0.4 is 4.74 Å². The van der Waals surface area contributed by atoms with Gasteiger partial charge in [0.15, 0.2) is 5.78 Å². The number of ketones is 1. The van der Waals surface area contributed by atoms with E-state index in [0.717, 1.165) is 6.54 Å². The highest BCUT2D eigenvalue weighted by molar-refractivity contribution is 6.17. The van der Waals surface area contributed by atoms with Crippen molar-refractivity contribution in [1.82, 2.24) is 9.88 Å². The van der Waals surface area contributed by atoms with Gasteiger partial charge in [0.05, 0.1) is 23.8 Å². The molecule has 0 saturated carbocycles. The number of rotatable bonds is 9. The second-order valence-corrected chi connectivity index (χ2v) is 7.10. The maximum Gasteiger partial charge on any atom is 0.340 e. The summed E-state index contributed by atoms with van der Waals surface area (Å²) < 4.78 is 10.6. The Bertz CT molecular complexity index is 1020. The summed E-state index contributed by atoms with van der Waals surface area (Å²) in [5.41, 5.74) is 2.26. The minimum Gasteiger partial charge on any atom is -0.491 e. The number of aromatic amines is 1. The Kier molecular flexibility index (Phi) is 10.5. The van der Waals surface area contributed by atoms with Gasteiger partial charge in [-0.05, 0) is 40.1 Å². The number of likely N-dealkylation sites (N-methyl/N-ethyl adjacent to an activating group) is 1. The van der Waals surface area contributed by atoms with Crippen LogP contribution in [0.4, 0.5) is 0 Å². The van der Waals surface area contributed by atoms with Crippen LogP contribution in [0.15, 0.2) is 36.4 Å². The van der Waals surface area contributed by atoms with Gasteiger partial charge in [-0.15, -0.1) is 0 Å². The molecule has 2 rings (SSSR count). The van der Waals surface area contributed by atoms with E-state index in [1.165, 1.54) is 7.11 Å². The molecular weight excluding hydrogens is 432 g/mol. The minimum absolute atomic E-state index is 0.261. The molecule has 0 atom stereocenters. The molecule has 2 aromatic rings. The topological polar surface area (TPSA) is 146 Å². The third-order valence-electron chi connectivity index (χ3n) is 4.29. The SMILES string of the molecule is COC(=O)c1c(C)[nH]c(C)c1C(=O)c1ccccc1OCCN(C)C.O=C(O)/C=C\C(=O)O. The summed E-state index contributed by atoms with van der Waals surface area (Å²) in [6, 6.07) is 7.06. The van der Waals surface area contributed by atoms with E-state index in [0.29, 0.717) is 47.0 Å². The zero-order chi connectivity index (χ0) is 25.1. The highest BCUT2D eigenvalue weighted by Crippen LogP contribution is 2.27. The monoisotopic (exact) mass is 460 g/mol. The fourth-order valence-electron chi connectivity index (χ4n) is 2.82. The molecule has 0 radical (unpaired) electrons. The van der Waals surface area contributed by atoms with Gasteiger partial charge in [-0.25, -0.2) is 14.4 Å². The van der Waals surface area contributed by atoms with E-state index in [1.807, 2.05) is 25.1 Å². The van der Waals surface area contributed by atoms with Crippen molar-refractivity contribution in [3.63, 3.8) is 0 Å². The number of aliphatic carboxylic acids is 2. The van der Waals surface area contributed by atoms with Crippen LogP contribution in [-0.4, -0.2) is 78.1 Å². The second kappa shape index (κ2) is 12.8. The molecule has 0 unspecified atom stereocenters. The summed E-state index contributed by atoms with van der Waals surface area (Å²) in [4.78, 5) is 49.4. The van der Waals surface area contributed by atoms with Crippen molar-refractivity contribution in [2.24, 2.45) is 0 Å². The lowest BCUT2D eigenvalue weighted by Gasteiger charge is -2.14. The first-order valence-electron chi connectivity index (χ1n) is 9.82. The fraction of sp³-hybridized carbons (Fsp3) is 0.304. The average molecular weight is 460 g/mol. The molecular formula is C23H28N2O8. The third kappa shape index (κ3) is 8.26. The molecule has 1 aromatic heterocycles. The number of esters is 1. The molecule has 3 N–H and O–H groups in total. The molecule has 178 valence electrons. The van der Waals surface area contributed by atoms with E-state index < -0.39 is 17.9 Å². The predicted octanol–water partition coefficient (Wildman–Crippen LogP) is 2.30. The van der Waals surface area contributed by atoms with Gasteiger partial charge in [0.1, 0.15) is 12.4 Å². The van der Waals surface area contributed by atoms with Gasteiger partial charge in [0.2, 0.25) is 0 Å². The predicted molar refractivity (Wildman–Crippen MR) is 120 cm³/mol. The fourth-order valence-corrected chi connectivity index (χ4v) is 2.82. The van der Waals surface area contributed by atoms with Gasteiger partial charge in [0.25, 0.3) is 0 Å². The van der Waals surface area contributed by atoms with Gasteiger partial charge in [-0.3, -0.25) is 4.79 Å². The van der Waals surface area contributed by atoms with Crippen LogP contribution in [0.3, 0.4) is 0 Å². The maximum absolute atomic E-state index is 13.1. The van der Waals surface area contributed by atoms with Crippen molar-refractivity contribution >= 4 is 23.7 Å². The van der Waals surface area contributed by atoms with Gasteiger partial charge < -0.3 is 29.6 Å². The van der Waals surface area contributed by atoms with Gasteiger partial charge in [-0.2, -0.15) is 0 Å². The highest BCUT2D eigenvalue weighted by atomic mass is 16.5. The molecule has 33 heavy (non-hydrogen) atoms. The molecule has 0 aliphatic carbocycles. The second-order valence-electron chi connectivity index (χ2n) is 7.10. The zero-order valence-electron chi connectivity index (χ0n) is 19.2. The average Bonchev–Trinajstić information content (AvgIpc) is 3.05. The quantitative estimate of drug-likeness (QED) is 0.291. The van der Waals surface area contributed by atoms with Gasteiger partial charge in [0, 0.05) is 30.1 Å². The number of carbonyl (C=O) groups is 4. The largest absolute Gasteiger partial charge is 0.491 e. The number of aromatic nitrogens is 1. The lowest BCUT2D eigenvalue weighted by Crippen LogP contribution is -2.20. The number of hydrogen-bond donors (Lipinski definition) is 3. The summed E-state index contributed by atoms with van der Waals surface area (Å²) in [6.07, 6.45) is 1.12. The molecule has 10 nitrogen and oxygen atoms in total. The first-order valence-corrected chi connectivity index (χ1v) is 9.82. The number of methoxy groups -OCH3 is 1. The lowest BCUT2D eigenvalue weighted by molar-refractivity contribution is -0.134. The minimum atomic E-state index is -1.26. The van der Waals surface area contributed by atoms with E-state index >= 15 is 0 Å². The third-order valence-corrected chi connectivity index (χ3v) is 4.29. The molecule has 1 heterocycles. The van der Waals surface area contributed by atoms with Crippen molar-refractivity contribution in [2.75, 3.05) is 34.4 Å². The molecule has 10 heteroatoms. The highest BCUT2D eigenvalue weighted by Gasteiger charge is 2.27. The summed E-state index contributed by atoms with van der Waals surface area (Å²) in [7, 11) is 5.21. The number of aryl methyl sites for hydroxylation is 2. The Morgan fingerprint density at radius 1 is 0.970 bits per heavy atom. The van der Waals surface area contributed by atoms with Crippen LogP contribution >= 0.6 is 0 Å². The number of H-pyrrole nitrogens is 1. The van der Waals surface area contributed by atoms with Crippen LogP contribution in [0.5, 0.6) is 5.75 Å². The van der Waals surface area contributed by atoms with E-state index in [4.69, 9.17) is 19.7 Å². The van der Waals surface area contributed by atoms with Crippen molar-refractivity contribution in [3.8, 4) is 5.75 Å². The number of benzene rings is 1. The smallest absolute Gasteiger partial charge is 0.340 e. The number of carbonyl (C=O) groups excluding carboxylic acids is 2. The summed E-state index contributed by atoms with van der Waals surface area (Å²) in [6.45, 7) is 4.71. The van der Waals surface area contributed by atoms with Crippen LogP contribution in [0.1, 0.15) is 37.7 Å². The Morgan fingerprint density at radius 3 is 2.03 bits per heavy atom. The van der Waals surface area contributed by atoms with Crippen molar-refractivity contribution in [1.29, 1.82) is 0 Å². The zero-order valence-corrected chi connectivity index (χ0v) is 19.2. The normalized spacial score (nSPS) is 10.5. The summed E-state index contributed by atoms with van der Waals surface area (Å²) in [5, 5.41) is 15.6. The molecule has 0 amide bonds. The number of carboxylic acid groups (broad SMARTS) is 2. The number of hydrogen-bond acceptors (Lipinski definition) is 7. The summed E-state index contributed by atoms with van der Waals surface area (Å²) >= 11 is 0. The number of ether oxygens (including phenoxy) is 2. The molecule has 0 fully saturated rings. The van der Waals surface area contributed by atoms with Crippen LogP contribution in [0.2, 0.25) is 0 Å². The van der Waals surface area contributed by atoms with Crippen molar-refractivity contribution in [3.05, 3.63) is 64.5 Å². The lowest BCUT2D eigenvalue weighted by atomic mass is 9.98. The van der Waals surface area contributed by atoms with Gasteiger partial charge >= 0.3 is 17.9 Å². The van der Waals surface area contributed by atoms with Gasteiger partial charge in [-0.1, -0.05) is 12.1 Å². The Labute approximate surface area is 191 Å². The summed E-state index contributed by atoms with van der Waals surface area (Å²) in [5.74, 6) is -2.80. The van der Waals surface area contributed by atoms with E-state index in [1.54, 1.807) is 32.0 Å². The Hall–Kier alpha value is -3.92. The molecule has 0 bridgehead atoms. The van der Waals surface area contributed by atoms with E-state index in [-0.39, 0.29) is 11.3 Å². The Morgan fingerprint density at radius 2 is 1.52 bits per heavy atom. The number of nitrogens with zero attached hydrogens (tertiary/aromatic N) is 1. The first-order chi connectivity index (χ1) is 15.5. The van der Waals surface area contributed by atoms with Crippen LogP contribution in [0.25, 0.3) is 0 Å². The van der Waals surface area contributed by atoms with Crippen molar-refractivity contribution < 1.29 is 38.9 Å². The molecule has 1 aromatic carbocycles. The first kappa shape index (κ1) is 27.1. The molecule has 0 saturated heterocycles.